The maximum atomic E-state index is 12.0. The molecule has 2 N–H and O–H groups in total. The smallest absolute Gasteiger partial charge is 0.225 e. The molecule has 1 aliphatic heterocycles. The monoisotopic (exact) mass is 331 g/mol. The fourth-order valence-electron chi connectivity index (χ4n) is 2.85. The van der Waals surface area contributed by atoms with Crippen LogP contribution >= 0.6 is 23.3 Å². The first-order chi connectivity index (χ1) is 10.6. The average molecular weight is 332 g/mol. The van der Waals surface area contributed by atoms with Crippen molar-refractivity contribution in [3.63, 3.8) is 0 Å². The summed E-state index contributed by atoms with van der Waals surface area (Å²) in [6.07, 6.45) is 0.310. The number of phenols is 1. The number of nitrogens with one attached hydrogen (secondary N) is 1. The van der Waals surface area contributed by atoms with E-state index < -0.39 is 0 Å². The van der Waals surface area contributed by atoms with Gasteiger partial charge < -0.3 is 10.4 Å². The zero-order valence-corrected chi connectivity index (χ0v) is 12.8. The van der Waals surface area contributed by atoms with Gasteiger partial charge in [0.2, 0.25) is 5.91 Å². The lowest BCUT2D eigenvalue weighted by molar-refractivity contribution is -0.116. The van der Waals surface area contributed by atoms with Crippen LogP contribution in [0.4, 0.5) is 5.69 Å². The minimum Gasteiger partial charge on any atom is -0.506 e. The molecule has 7 heteroatoms. The van der Waals surface area contributed by atoms with Crippen LogP contribution in [0.15, 0.2) is 30.3 Å². The highest BCUT2D eigenvalue weighted by atomic mass is 35.5. The van der Waals surface area contributed by atoms with Crippen LogP contribution in [0.2, 0.25) is 5.02 Å². The molecule has 1 aromatic heterocycles. The number of carbonyl (C=O) groups is 1. The Morgan fingerprint density at radius 2 is 2.14 bits per heavy atom. The van der Waals surface area contributed by atoms with Gasteiger partial charge in [0.05, 0.1) is 16.8 Å². The fourth-order valence-corrected chi connectivity index (χ4v) is 3.58. The second kappa shape index (κ2) is 4.93. The molecule has 0 bridgehead atoms. The Bertz CT molecular complexity index is 909. The predicted molar refractivity (Wildman–Crippen MR) is 85.6 cm³/mol. The zero-order chi connectivity index (χ0) is 15.3. The molecule has 2 heterocycles. The van der Waals surface area contributed by atoms with Gasteiger partial charge in [0.1, 0.15) is 16.8 Å². The van der Waals surface area contributed by atoms with E-state index in [2.05, 4.69) is 14.1 Å². The number of aromatic hydroxyl groups is 1. The maximum Gasteiger partial charge on any atom is 0.225 e. The number of anilines is 1. The number of benzene rings is 2. The van der Waals surface area contributed by atoms with E-state index in [4.69, 9.17) is 11.6 Å². The van der Waals surface area contributed by atoms with Crippen molar-refractivity contribution in [3.05, 3.63) is 46.5 Å². The van der Waals surface area contributed by atoms with Gasteiger partial charge >= 0.3 is 0 Å². The van der Waals surface area contributed by atoms with Crippen molar-refractivity contribution in [2.24, 2.45) is 0 Å². The third-order valence-corrected chi connectivity index (χ3v) is 4.70. The highest BCUT2D eigenvalue weighted by Crippen LogP contribution is 2.42. The quantitative estimate of drug-likeness (QED) is 0.715. The second-order valence-electron chi connectivity index (χ2n) is 5.17. The second-order valence-corrected chi connectivity index (χ2v) is 6.11. The Morgan fingerprint density at radius 1 is 1.27 bits per heavy atom. The molecule has 1 atom stereocenters. The minimum atomic E-state index is -0.158. The van der Waals surface area contributed by atoms with E-state index >= 15 is 0 Å². The summed E-state index contributed by atoms with van der Waals surface area (Å²) in [5.41, 5.74) is 4.20. The molecular weight excluding hydrogens is 322 g/mol. The molecule has 0 aliphatic carbocycles. The van der Waals surface area contributed by atoms with Gasteiger partial charge in [0, 0.05) is 23.6 Å². The highest BCUT2D eigenvalue weighted by molar-refractivity contribution is 7.00. The minimum absolute atomic E-state index is 0.0273. The fraction of sp³-hybridized carbons (Fsp3) is 0.133. The number of aromatic nitrogens is 2. The van der Waals surface area contributed by atoms with E-state index in [0.29, 0.717) is 6.42 Å². The van der Waals surface area contributed by atoms with Crippen LogP contribution in [0, 0.1) is 0 Å². The van der Waals surface area contributed by atoms with Crippen LogP contribution in [-0.4, -0.2) is 19.8 Å². The van der Waals surface area contributed by atoms with Crippen LogP contribution in [0.1, 0.15) is 23.5 Å². The van der Waals surface area contributed by atoms with Gasteiger partial charge in [-0.25, -0.2) is 0 Å². The highest BCUT2D eigenvalue weighted by Gasteiger charge is 2.30. The van der Waals surface area contributed by atoms with Gasteiger partial charge in [-0.2, -0.15) is 8.75 Å². The van der Waals surface area contributed by atoms with Crippen molar-refractivity contribution >= 4 is 46.0 Å². The Hall–Kier alpha value is -2.18. The molecule has 0 radical (unpaired) electrons. The predicted octanol–water partition coefficient (Wildman–Crippen LogP) is 3.52. The van der Waals surface area contributed by atoms with Crippen LogP contribution in [0.5, 0.6) is 5.75 Å². The molecular formula is C15H10ClN3O2S. The SMILES string of the molecule is O=C1CC(c2ccc(O)c(Cl)c2)c2c(ccc3nsnc23)N1. The number of phenolic OH excluding ortho intramolecular Hbond substituents is 1. The van der Waals surface area contributed by atoms with Gasteiger partial charge in [0.25, 0.3) is 0 Å². The van der Waals surface area contributed by atoms with Gasteiger partial charge in [-0.1, -0.05) is 17.7 Å². The lowest BCUT2D eigenvalue weighted by Crippen LogP contribution is -2.23. The lowest BCUT2D eigenvalue weighted by atomic mass is 9.84. The Kier molecular flexibility index (Phi) is 3.02. The zero-order valence-electron chi connectivity index (χ0n) is 11.2. The molecule has 0 spiro atoms. The average Bonchev–Trinajstić information content (AvgIpc) is 2.97. The first-order valence-corrected chi connectivity index (χ1v) is 7.78. The van der Waals surface area contributed by atoms with Gasteiger partial charge in [-0.05, 0) is 29.8 Å². The molecule has 0 saturated carbocycles. The van der Waals surface area contributed by atoms with Crippen LogP contribution in [-0.2, 0) is 4.79 Å². The molecule has 0 fully saturated rings. The molecule has 0 saturated heterocycles. The Balaban J connectivity index is 1.95. The molecule has 22 heavy (non-hydrogen) atoms. The number of carbonyl (C=O) groups excluding carboxylic acids is 1. The molecule has 5 nitrogen and oxygen atoms in total. The van der Waals surface area contributed by atoms with Crippen molar-refractivity contribution in [2.45, 2.75) is 12.3 Å². The van der Waals surface area contributed by atoms with Crippen LogP contribution in [0.25, 0.3) is 11.0 Å². The number of amides is 1. The molecule has 3 aromatic rings. The summed E-state index contributed by atoms with van der Waals surface area (Å²) < 4.78 is 8.63. The van der Waals surface area contributed by atoms with Crippen molar-refractivity contribution in [1.82, 2.24) is 8.75 Å². The third-order valence-electron chi connectivity index (χ3n) is 3.85. The number of hydrogen-bond acceptors (Lipinski definition) is 5. The molecule has 1 amide bonds. The molecule has 4 rings (SSSR count). The number of fused-ring (bicyclic) bond motifs is 3. The van der Waals surface area contributed by atoms with Crippen molar-refractivity contribution in [3.8, 4) is 5.75 Å². The van der Waals surface area contributed by atoms with E-state index in [1.807, 2.05) is 12.1 Å². The maximum absolute atomic E-state index is 12.0. The van der Waals surface area contributed by atoms with Crippen molar-refractivity contribution in [2.75, 3.05) is 5.32 Å². The molecule has 1 aliphatic rings. The van der Waals surface area contributed by atoms with Gasteiger partial charge in [0.15, 0.2) is 0 Å². The van der Waals surface area contributed by atoms with E-state index in [9.17, 15) is 9.90 Å². The van der Waals surface area contributed by atoms with Gasteiger partial charge in [-0.15, -0.1) is 0 Å². The standard InChI is InChI=1S/C15H10ClN3O2S/c16-9-5-7(1-4-12(9)20)8-6-13(21)17-10-2-3-11-15(14(8)10)19-22-18-11/h1-5,8,20H,6H2,(H,17,21). The van der Waals surface area contributed by atoms with Crippen LogP contribution < -0.4 is 5.32 Å². The summed E-state index contributed by atoms with van der Waals surface area (Å²) in [4.78, 5) is 12.0. The summed E-state index contributed by atoms with van der Waals surface area (Å²) in [5, 5.41) is 12.8. The Labute approximate surface area is 134 Å². The van der Waals surface area contributed by atoms with E-state index in [1.165, 1.54) is 0 Å². The summed E-state index contributed by atoms with van der Waals surface area (Å²) in [6, 6.07) is 8.73. The van der Waals surface area contributed by atoms with Crippen molar-refractivity contribution in [1.29, 1.82) is 0 Å². The summed E-state index contributed by atoms with van der Waals surface area (Å²) in [7, 11) is 0. The van der Waals surface area contributed by atoms with E-state index in [1.54, 1.807) is 18.2 Å². The summed E-state index contributed by atoms with van der Waals surface area (Å²) in [6.45, 7) is 0. The first kappa shape index (κ1) is 13.5. The Morgan fingerprint density at radius 3 is 2.95 bits per heavy atom. The third kappa shape index (κ3) is 2.03. The largest absolute Gasteiger partial charge is 0.506 e. The molecule has 110 valence electrons. The van der Waals surface area contributed by atoms with E-state index in [-0.39, 0.29) is 22.6 Å². The normalized spacial score (nSPS) is 17.3. The lowest BCUT2D eigenvalue weighted by Gasteiger charge is -2.26. The number of rotatable bonds is 1. The summed E-state index contributed by atoms with van der Waals surface area (Å²) in [5.74, 6) is -0.182. The van der Waals surface area contributed by atoms with Crippen molar-refractivity contribution < 1.29 is 9.90 Å². The number of nitrogens with zero attached hydrogens (tertiary/aromatic N) is 2. The topological polar surface area (TPSA) is 75.1 Å². The number of halogens is 1. The van der Waals surface area contributed by atoms with Crippen LogP contribution in [0.3, 0.4) is 0 Å². The molecule has 2 aromatic carbocycles. The van der Waals surface area contributed by atoms with E-state index in [0.717, 1.165) is 39.6 Å². The first-order valence-electron chi connectivity index (χ1n) is 6.67. The molecule has 1 unspecified atom stereocenters. The summed E-state index contributed by atoms with van der Waals surface area (Å²) >= 11 is 7.17. The van der Waals surface area contributed by atoms with Gasteiger partial charge in [-0.3, -0.25) is 4.79 Å². The number of hydrogen-bond donors (Lipinski definition) is 2.